The van der Waals surface area contributed by atoms with Crippen LogP contribution in [0.4, 0.5) is 34.1 Å². The van der Waals surface area contributed by atoms with E-state index in [4.69, 9.17) is 21.7 Å². The van der Waals surface area contributed by atoms with Crippen LogP contribution < -0.4 is 21.7 Å². The van der Waals surface area contributed by atoms with Crippen molar-refractivity contribution in [3.05, 3.63) is 109 Å². The molecule has 0 unspecified atom stereocenters. The molecule has 0 spiro atoms. The normalized spacial score (nSPS) is 12.5. The third-order valence-electron chi connectivity index (χ3n) is 7.28. The summed E-state index contributed by atoms with van der Waals surface area (Å²) in [5, 5.41) is 29.6. The molecule has 8 N–H and O–H groups in total. The molecular weight excluding hydrogens is 625 g/mol. The van der Waals surface area contributed by atoms with Crippen molar-refractivity contribution in [2.45, 2.75) is 9.79 Å². The van der Waals surface area contributed by atoms with Crippen molar-refractivity contribution >= 4 is 75.7 Å². The Morgan fingerprint density at radius 3 is 1.09 bits per heavy atom. The molecule has 0 aliphatic heterocycles. The first-order valence-electron chi connectivity index (χ1n) is 13.6. The van der Waals surface area contributed by atoms with Crippen LogP contribution in [0.25, 0.3) is 32.7 Å². The fourth-order valence-corrected chi connectivity index (χ4v) is 6.52. The second kappa shape index (κ2) is 11.8. The van der Waals surface area contributed by atoms with Gasteiger partial charge in [-0.3, -0.25) is 0 Å². The summed E-state index contributed by atoms with van der Waals surface area (Å²) in [6.07, 6.45) is 0. The number of azo groups is 2. The standard InChI is InChI=1S/C32H26N8O4S2/c33-31-25-7-3-1-5-23(25)29(45(35,41)42)17-27(31)39-37-21-13-9-19(10-14-21)20-11-15-22(16-12-20)38-40-28-18-30(46(36,43)44)24-6-2-4-8-26(24)32(28)34/h1-18H,33-34H2,(H2,35,41,42)(H2,36,43,44)/b39-37-,40-38-. The van der Waals surface area contributed by atoms with E-state index in [2.05, 4.69) is 20.5 Å². The van der Waals surface area contributed by atoms with Gasteiger partial charge in [0.25, 0.3) is 0 Å². The molecule has 0 aliphatic carbocycles. The minimum atomic E-state index is -4.03. The summed E-state index contributed by atoms with van der Waals surface area (Å²) in [7, 11) is -8.06. The number of primary sulfonamides is 2. The molecule has 0 aromatic heterocycles. The zero-order valence-corrected chi connectivity index (χ0v) is 25.6. The Morgan fingerprint density at radius 2 is 0.761 bits per heavy atom. The third-order valence-corrected chi connectivity index (χ3v) is 9.18. The second-order valence-corrected chi connectivity index (χ2v) is 13.3. The van der Waals surface area contributed by atoms with Gasteiger partial charge < -0.3 is 11.5 Å². The van der Waals surface area contributed by atoms with E-state index in [-0.39, 0.29) is 32.5 Å². The fraction of sp³-hybridized carbons (Fsp3) is 0. The molecule has 14 heteroatoms. The fourth-order valence-electron chi connectivity index (χ4n) is 5.00. The van der Waals surface area contributed by atoms with E-state index in [1.54, 1.807) is 72.8 Å². The van der Waals surface area contributed by atoms with Gasteiger partial charge in [-0.1, -0.05) is 72.8 Å². The predicted molar refractivity (Wildman–Crippen MR) is 180 cm³/mol. The Labute approximate surface area is 264 Å². The SMILES string of the molecule is Nc1c(/N=N\c2ccc(-c3ccc(/N=N\c4cc(S(N)(=O)=O)c5ccccc5c4N)cc3)cc2)cc(S(N)(=O)=O)c2ccccc12. The highest BCUT2D eigenvalue weighted by atomic mass is 32.2. The minimum Gasteiger partial charge on any atom is -0.396 e. The van der Waals surface area contributed by atoms with Crippen molar-refractivity contribution in [2.75, 3.05) is 11.5 Å². The number of nitrogens with zero attached hydrogens (tertiary/aromatic N) is 4. The van der Waals surface area contributed by atoms with Gasteiger partial charge in [0, 0.05) is 21.5 Å². The summed E-state index contributed by atoms with van der Waals surface area (Å²) in [5.41, 5.74) is 16.3. The number of benzene rings is 6. The molecule has 6 aromatic rings. The van der Waals surface area contributed by atoms with Crippen LogP contribution in [0, 0.1) is 0 Å². The molecule has 230 valence electrons. The molecule has 46 heavy (non-hydrogen) atoms. The third kappa shape index (κ3) is 6.05. The number of rotatable bonds is 7. The monoisotopic (exact) mass is 650 g/mol. The lowest BCUT2D eigenvalue weighted by Crippen LogP contribution is -2.13. The predicted octanol–water partition coefficient (Wildman–Crippen LogP) is 6.95. The number of nitrogen functional groups attached to an aromatic ring is 2. The summed E-state index contributed by atoms with van der Waals surface area (Å²) >= 11 is 0. The van der Waals surface area contributed by atoms with Crippen molar-refractivity contribution in [2.24, 2.45) is 30.7 Å². The number of nitrogens with two attached hydrogens (primary N) is 4. The average molecular weight is 651 g/mol. The van der Waals surface area contributed by atoms with Gasteiger partial charge in [0.1, 0.15) is 11.4 Å². The molecule has 6 rings (SSSR count). The first kappa shape index (κ1) is 30.5. The molecule has 0 saturated carbocycles. The van der Waals surface area contributed by atoms with Gasteiger partial charge in [-0.05, 0) is 47.5 Å². The van der Waals surface area contributed by atoms with Crippen LogP contribution in [0.5, 0.6) is 0 Å². The summed E-state index contributed by atoms with van der Waals surface area (Å²) < 4.78 is 48.8. The van der Waals surface area contributed by atoms with Crippen molar-refractivity contribution in [3.63, 3.8) is 0 Å². The number of anilines is 2. The Bertz CT molecular complexity index is 2260. The molecule has 12 nitrogen and oxygen atoms in total. The zero-order valence-electron chi connectivity index (χ0n) is 23.9. The van der Waals surface area contributed by atoms with E-state index < -0.39 is 20.0 Å². The number of fused-ring (bicyclic) bond motifs is 2. The van der Waals surface area contributed by atoms with Gasteiger partial charge in [0.05, 0.1) is 32.5 Å². The molecule has 0 amide bonds. The Kier molecular flexibility index (Phi) is 7.79. The molecule has 0 heterocycles. The zero-order chi connectivity index (χ0) is 32.6. The minimum absolute atomic E-state index is 0.0847. The van der Waals surface area contributed by atoms with Crippen LogP contribution in [0.2, 0.25) is 0 Å². The highest BCUT2D eigenvalue weighted by Crippen LogP contribution is 2.38. The van der Waals surface area contributed by atoms with E-state index >= 15 is 0 Å². The van der Waals surface area contributed by atoms with Gasteiger partial charge in [0.2, 0.25) is 20.0 Å². The maximum Gasteiger partial charge on any atom is 0.238 e. The smallest absolute Gasteiger partial charge is 0.238 e. The summed E-state index contributed by atoms with van der Waals surface area (Å²) in [4.78, 5) is -0.169. The molecular formula is C32H26N8O4S2. The van der Waals surface area contributed by atoms with Crippen LogP contribution in [0.3, 0.4) is 0 Å². The topological polar surface area (TPSA) is 222 Å². The van der Waals surface area contributed by atoms with Gasteiger partial charge in [-0.25, -0.2) is 27.1 Å². The maximum absolute atomic E-state index is 12.2. The van der Waals surface area contributed by atoms with Crippen LogP contribution in [-0.2, 0) is 20.0 Å². The first-order valence-corrected chi connectivity index (χ1v) is 16.7. The Morgan fingerprint density at radius 1 is 0.435 bits per heavy atom. The summed E-state index contributed by atoms with van der Waals surface area (Å²) in [6.45, 7) is 0. The van der Waals surface area contributed by atoms with E-state index in [9.17, 15) is 16.8 Å². The average Bonchev–Trinajstić information content (AvgIpc) is 3.04. The van der Waals surface area contributed by atoms with Crippen LogP contribution >= 0.6 is 0 Å². The van der Waals surface area contributed by atoms with E-state index in [0.717, 1.165) is 11.1 Å². The lowest BCUT2D eigenvalue weighted by atomic mass is 10.1. The van der Waals surface area contributed by atoms with Gasteiger partial charge in [0.15, 0.2) is 0 Å². The second-order valence-electron chi connectivity index (χ2n) is 10.3. The lowest BCUT2D eigenvalue weighted by molar-refractivity contribution is 0.597. The molecule has 0 radical (unpaired) electrons. The van der Waals surface area contributed by atoms with Gasteiger partial charge >= 0.3 is 0 Å². The summed E-state index contributed by atoms with van der Waals surface area (Å²) in [5.74, 6) is 0. The number of sulfonamides is 2. The van der Waals surface area contributed by atoms with Crippen LogP contribution in [0.1, 0.15) is 0 Å². The molecule has 0 atom stereocenters. The highest BCUT2D eigenvalue weighted by molar-refractivity contribution is 7.89. The molecule has 0 saturated heterocycles. The number of hydrogen-bond donors (Lipinski definition) is 4. The van der Waals surface area contributed by atoms with Crippen molar-refractivity contribution in [3.8, 4) is 11.1 Å². The van der Waals surface area contributed by atoms with Crippen molar-refractivity contribution in [1.29, 1.82) is 0 Å². The maximum atomic E-state index is 12.2. The molecule has 6 aromatic carbocycles. The Hall–Kier alpha value is -5.54. The quantitative estimate of drug-likeness (QED) is 0.106. The van der Waals surface area contributed by atoms with Crippen molar-refractivity contribution < 1.29 is 16.8 Å². The van der Waals surface area contributed by atoms with Gasteiger partial charge in [-0.2, -0.15) is 10.2 Å². The Balaban J connectivity index is 1.22. The van der Waals surface area contributed by atoms with E-state index in [0.29, 0.717) is 32.9 Å². The van der Waals surface area contributed by atoms with E-state index in [1.165, 1.54) is 12.1 Å². The van der Waals surface area contributed by atoms with E-state index in [1.807, 2.05) is 24.3 Å². The largest absolute Gasteiger partial charge is 0.396 e. The summed E-state index contributed by atoms with van der Waals surface area (Å²) in [6, 6.07) is 30.6. The number of hydrogen-bond acceptors (Lipinski definition) is 10. The highest BCUT2D eigenvalue weighted by Gasteiger charge is 2.18. The molecule has 0 fully saturated rings. The molecule has 0 bridgehead atoms. The van der Waals surface area contributed by atoms with Crippen LogP contribution in [-0.4, -0.2) is 16.8 Å². The first-order chi connectivity index (χ1) is 21.9. The van der Waals surface area contributed by atoms with Gasteiger partial charge in [-0.15, -0.1) is 10.2 Å². The van der Waals surface area contributed by atoms with Crippen molar-refractivity contribution in [1.82, 2.24) is 0 Å². The van der Waals surface area contributed by atoms with Crippen LogP contribution in [0.15, 0.2) is 139 Å². The molecule has 0 aliphatic rings. The lowest BCUT2D eigenvalue weighted by Gasteiger charge is -2.09.